The zero-order chi connectivity index (χ0) is 22.2. The van der Waals surface area contributed by atoms with Crippen LogP contribution in [0.15, 0.2) is 60.8 Å². The normalized spacial score (nSPS) is 11.6. The fraction of sp³-hybridized carbons (Fsp3) is 0.261. The second-order valence-corrected chi connectivity index (χ2v) is 6.70. The molecule has 0 saturated carbocycles. The van der Waals surface area contributed by atoms with Crippen LogP contribution in [0.2, 0.25) is 0 Å². The molecule has 1 amide bonds. The van der Waals surface area contributed by atoms with Crippen molar-refractivity contribution in [2.75, 3.05) is 27.4 Å². The number of benzene rings is 2. The third kappa shape index (κ3) is 5.29. The van der Waals surface area contributed by atoms with Crippen molar-refractivity contribution in [1.29, 1.82) is 0 Å². The molecule has 0 bridgehead atoms. The van der Waals surface area contributed by atoms with E-state index in [0.717, 1.165) is 5.69 Å². The fourth-order valence-corrected chi connectivity index (χ4v) is 2.97. The molecule has 1 N–H and O–H groups in total. The largest absolute Gasteiger partial charge is 0.496 e. The summed E-state index contributed by atoms with van der Waals surface area (Å²) in [7, 11) is 3.09. The smallest absolute Gasteiger partial charge is 0.342 e. The van der Waals surface area contributed by atoms with Gasteiger partial charge in [0.1, 0.15) is 17.0 Å². The Hall–Kier alpha value is -3.65. The Balaban J connectivity index is 1.93. The second-order valence-electron chi connectivity index (χ2n) is 6.70. The van der Waals surface area contributed by atoms with E-state index in [1.165, 1.54) is 6.92 Å². The lowest BCUT2D eigenvalue weighted by molar-refractivity contribution is -0.129. The summed E-state index contributed by atoms with van der Waals surface area (Å²) in [5.41, 5.74) is 2.05. The molecule has 0 radical (unpaired) electrons. The van der Waals surface area contributed by atoms with Crippen LogP contribution >= 0.6 is 0 Å². The molecule has 3 rings (SSSR count). The first kappa shape index (κ1) is 22.0. The number of ether oxygens (including phenoxy) is 3. The summed E-state index contributed by atoms with van der Waals surface area (Å²) in [5.74, 6) is -0.489. The number of rotatable bonds is 9. The molecule has 0 aliphatic rings. The number of hydrogen-bond acceptors (Lipinski definition) is 6. The maximum atomic E-state index is 13.0. The number of nitrogens with one attached hydrogen (secondary N) is 1. The highest BCUT2D eigenvalue weighted by Gasteiger charge is 2.25. The van der Waals surface area contributed by atoms with E-state index in [4.69, 9.17) is 14.2 Å². The van der Waals surface area contributed by atoms with Crippen molar-refractivity contribution in [3.63, 3.8) is 0 Å². The van der Waals surface area contributed by atoms with Gasteiger partial charge in [0.05, 0.1) is 19.4 Å². The molecule has 0 aliphatic carbocycles. The Morgan fingerprint density at radius 3 is 2.48 bits per heavy atom. The van der Waals surface area contributed by atoms with Gasteiger partial charge in [-0.3, -0.25) is 4.79 Å². The average molecular weight is 423 g/mol. The van der Waals surface area contributed by atoms with Crippen LogP contribution in [0.5, 0.6) is 5.75 Å². The number of carbonyl (C=O) groups excluding carboxylic acids is 2. The van der Waals surface area contributed by atoms with E-state index in [1.54, 1.807) is 31.2 Å². The van der Waals surface area contributed by atoms with Gasteiger partial charge in [-0.1, -0.05) is 30.3 Å². The van der Waals surface area contributed by atoms with Gasteiger partial charge < -0.3 is 19.5 Å². The van der Waals surface area contributed by atoms with Crippen molar-refractivity contribution in [3.05, 3.63) is 66.4 Å². The maximum Gasteiger partial charge on any atom is 0.342 e. The number of hydrogen-bond donors (Lipinski definition) is 1. The standard InChI is InChI=1S/C23H25N3O5/c1-16(22(27)24-13-14-29-2)31-23(28)19-15-26(17-9-5-4-6-10-17)25-21(19)18-11-7-8-12-20(18)30-3/h4-12,15-16H,13-14H2,1-3H3,(H,24,27)/t16-/m0/s1. The summed E-state index contributed by atoms with van der Waals surface area (Å²) in [6, 6.07) is 16.7. The number of amides is 1. The van der Waals surface area contributed by atoms with Gasteiger partial charge in [-0.25, -0.2) is 9.48 Å². The molecule has 0 fully saturated rings. The van der Waals surface area contributed by atoms with Crippen LogP contribution in [0.4, 0.5) is 0 Å². The van der Waals surface area contributed by atoms with Gasteiger partial charge in [0.15, 0.2) is 6.10 Å². The number of carbonyl (C=O) groups is 2. The molecule has 8 nitrogen and oxygen atoms in total. The van der Waals surface area contributed by atoms with Gasteiger partial charge in [-0.05, 0) is 31.2 Å². The molecule has 8 heteroatoms. The second kappa shape index (κ2) is 10.4. The predicted molar refractivity (Wildman–Crippen MR) is 115 cm³/mol. The van der Waals surface area contributed by atoms with Crippen LogP contribution in [0.3, 0.4) is 0 Å². The molecule has 1 aromatic heterocycles. The van der Waals surface area contributed by atoms with E-state index in [1.807, 2.05) is 48.5 Å². The minimum absolute atomic E-state index is 0.227. The molecule has 0 spiro atoms. The van der Waals surface area contributed by atoms with Crippen LogP contribution in [0, 0.1) is 0 Å². The van der Waals surface area contributed by atoms with Gasteiger partial charge in [0.2, 0.25) is 0 Å². The lowest BCUT2D eigenvalue weighted by Crippen LogP contribution is -2.37. The van der Waals surface area contributed by atoms with Crippen molar-refractivity contribution < 1.29 is 23.8 Å². The van der Waals surface area contributed by atoms with Crippen molar-refractivity contribution in [2.24, 2.45) is 0 Å². The summed E-state index contributed by atoms with van der Waals surface area (Å²) >= 11 is 0. The quantitative estimate of drug-likeness (QED) is 0.420. The maximum absolute atomic E-state index is 13.0. The van der Waals surface area contributed by atoms with E-state index in [-0.39, 0.29) is 5.56 Å². The first-order valence-corrected chi connectivity index (χ1v) is 9.81. The highest BCUT2D eigenvalue weighted by atomic mass is 16.5. The molecule has 162 valence electrons. The summed E-state index contributed by atoms with van der Waals surface area (Å²) in [6.45, 7) is 2.22. The molecule has 1 heterocycles. The summed E-state index contributed by atoms with van der Waals surface area (Å²) in [4.78, 5) is 25.2. The van der Waals surface area contributed by atoms with Crippen LogP contribution in [-0.4, -0.2) is 55.1 Å². The van der Waals surface area contributed by atoms with Gasteiger partial charge >= 0.3 is 5.97 Å². The molecule has 3 aromatic rings. The Morgan fingerprint density at radius 2 is 1.77 bits per heavy atom. The number of methoxy groups -OCH3 is 2. The molecular weight excluding hydrogens is 398 g/mol. The van der Waals surface area contributed by atoms with Crippen molar-refractivity contribution in [2.45, 2.75) is 13.0 Å². The molecule has 0 saturated heterocycles. The Bertz CT molecular complexity index is 1030. The number of aromatic nitrogens is 2. The molecule has 0 aliphatic heterocycles. The first-order valence-electron chi connectivity index (χ1n) is 9.81. The lowest BCUT2D eigenvalue weighted by Gasteiger charge is -2.13. The monoisotopic (exact) mass is 423 g/mol. The molecule has 2 aromatic carbocycles. The third-order valence-corrected chi connectivity index (χ3v) is 4.58. The van der Waals surface area contributed by atoms with Gasteiger partial charge in [-0.15, -0.1) is 0 Å². The van der Waals surface area contributed by atoms with Crippen LogP contribution < -0.4 is 10.1 Å². The van der Waals surface area contributed by atoms with E-state index in [9.17, 15) is 9.59 Å². The third-order valence-electron chi connectivity index (χ3n) is 4.58. The minimum Gasteiger partial charge on any atom is -0.496 e. The highest BCUT2D eigenvalue weighted by Crippen LogP contribution is 2.32. The van der Waals surface area contributed by atoms with Crippen LogP contribution in [-0.2, 0) is 14.3 Å². The lowest BCUT2D eigenvalue weighted by atomic mass is 10.1. The Kier molecular flexibility index (Phi) is 7.40. The molecule has 0 unspecified atom stereocenters. The SMILES string of the molecule is COCCNC(=O)[C@H](C)OC(=O)c1cn(-c2ccccc2)nc1-c1ccccc1OC. The molecule has 31 heavy (non-hydrogen) atoms. The van der Waals surface area contributed by atoms with Gasteiger partial charge in [0, 0.05) is 25.4 Å². The highest BCUT2D eigenvalue weighted by molar-refractivity contribution is 5.98. The minimum atomic E-state index is -0.977. The zero-order valence-electron chi connectivity index (χ0n) is 17.7. The summed E-state index contributed by atoms with van der Waals surface area (Å²) in [6.07, 6.45) is 0.615. The van der Waals surface area contributed by atoms with E-state index >= 15 is 0 Å². The Morgan fingerprint density at radius 1 is 1.06 bits per heavy atom. The average Bonchev–Trinajstić information content (AvgIpc) is 3.25. The Labute approximate surface area is 180 Å². The topological polar surface area (TPSA) is 91.7 Å². The van der Waals surface area contributed by atoms with Crippen LogP contribution in [0.25, 0.3) is 16.9 Å². The number of nitrogens with zero attached hydrogens (tertiary/aromatic N) is 2. The van der Waals surface area contributed by atoms with Crippen molar-refractivity contribution in [3.8, 4) is 22.7 Å². The van der Waals surface area contributed by atoms with E-state index < -0.39 is 18.0 Å². The van der Waals surface area contributed by atoms with E-state index in [0.29, 0.717) is 30.2 Å². The number of esters is 1. The van der Waals surface area contributed by atoms with Crippen LogP contribution in [0.1, 0.15) is 17.3 Å². The van der Waals surface area contributed by atoms with Crippen molar-refractivity contribution >= 4 is 11.9 Å². The first-order chi connectivity index (χ1) is 15.0. The van der Waals surface area contributed by atoms with Crippen molar-refractivity contribution in [1.82, 2.24) is 15.1 Å². The van der Waals surface area contributed by atoms with E-state index in [2.05, 4.69) is 10.4 Å². The number of para-hydroxylation sites is 2. The molecular formula is C23H25N3O5. The predicted octanol–water partition coefficient (Wildman–Crippen LogP) is 2.86. The fourth-order valence-electron chi connectivity index (χ4n) is 2.97. The zero-order valence-corrected chi connectivity index (χ0v) is 17.7. The summed E-state index contributed by atoms with van der Waals surface area (Å²) < 4.78 is 17.4. The summed E-state index contributed by atoms with van der Waals surface area (Å²) in [5, 5.41) is 7.27. The van der Waals surface area contributed by atoms with Gasteiger partial charge in [0.25, 0.3) is 5.91 Å². The molecule has 1 atom stereocenters. The van der Waals surface area contributed by atoms with Gasteiger partial charge in [-0.2, -0.15) is 5.10 Å².